The minimum Gasteiger partial charge on any atom is -0.497 e. The number of hydrogen-bond acceptors (Lipinski definition) is 6. The lowest BCUT2D eigenvalue weighted by atomic mass is 10.1. The molecule has 0 aliphatic carbocycles. The molecule has 0 fully saturated rings. The van der Waals surface area contributed by atoms with E-state index in [0.29, 0.717) is 64.5 Å². The molecular formula is C35H47N9O4. The Hall–Kier alpha value is -5.30. The average Bonchev–Trinajstić information content (AvgIpc) is 3.73. The van der Waals surface area contributed by atoms with E-state index in [9.17, 15) is 14.4 Å². The van der Waals surface area contributed by atoms with E-state index in [1.54, 1.807) is 73.2 Å². The molecule has 0 bridgehead atoms. The maximum absolute atomic E-state index is 13.4. The van der Waals surface area contributed by atoms with Gasteiger partial charge in [0.15, 0.2) is 0 Å². The van der Waals surface area contributed by atoms with Crippen molar-refractivity contribution in [1.82, 2.24) is 23.9 Å². The van der Waals surface area contributed by atoms with Gasteiger partial charge in [-0.15, -0.1) is 0 Å². The fourth-order valence-corrected chi connectivity index (χ4v) is 5.11. The number of benzene rings is 1. The molecule has 1 aromatic carbocycles. The lowest BCUT2D eigenvalue weighted by molar-refractivity contribution is 0.0940. The highest BCUT2D eigenvalue weighted by Gasteiger charge is 2.19. The van der Waals surface area contributed by atoms with Crippen LogP contribution < -0.4 is 26.4 Å². The third-order valence-corrected chi connectivity index (χ3v) is 7.74. The van der Waals surface area contributed by atoms with Gasteiger partial charge in [0.25, 0.3) is 17.7 Å². The lowest BCUT2D eigenvalue weighted by Crippen LogP contribution is -2.28. The summed E-state index contributed by atoms with van der Waals surface area (Å²) in [4.78, 5) is 46.2. The molecule has 3 amide bonds. The van der Waals surface area contributed by atoms with Crippen LogP contribution >= 0.6 is 0 Å². The Labute approximate surface area is 281 Å². The highest BCUT2D eigenvalue weighted by Crippen LogP contribution is 2.22. The normalized spacial score (nSPS) is 11.6. The number of methoxy groups -OCH3 is 1. The van der Waals surface area contributed by atoms with E-state index < -0.39 is 0 Å². The van der Waals surface area contributed by atoms with Crippen LogP contribution in [-0.2, 0) is 20.6 Å². The summed E-state index contributed by atoms with van der Waals surface area (Å²) >= 11 is 0. The molecule has 0 aliphatic rings. The number of aromatic nitrogens is 3. The van der Waals surface area contributed by atoms with E-state index in [0.717, 1.165) is 19.4 Å². The van der Waals surface area contributed by atoms with Crippen LogP contribution in [0.25, 0.3) is 0 Å². The first kappa shape index (κ1) is 35.6. The molecule has 0 spiro atoms. The van der Waals surface area contributed by atoms with Crippen LogP contribution in [0.2, 0.25) is 0 Å². The Kier molecular flexibility index (Phi) is 11.9. The molecule has 13 nitrogen and oxygen atoms in total. The van der Waals surface area contributed by atoms with Crippen LogP contribution in [0.5, 0.6) is 5.75 Å². The predicted molar refractivity (Wildman–Crippen MR) is 190 cm³/mol. The van der Waals surface area contributed by atoms with Crippen LogP contribution in [0, 0.1) is 5.92 Å². The summed E-state index contributed by atoms with van der Waals surface area (Å²) in [7, 11) is 9.03. The second-order valence-electron chi connectivity index (χ2n) is 12.5. The summed E-state index contributed by atoms with van der Waals surface area (Å²) in [5.74, 6) is 0.465. The van der Waals surface area contributed by atoms with Crippen LogP contribution in [0.15, 0.2) is 66.0 Å². The number of anilines is 2. The first-order valence-corrected chi connectivity index (χ1v) is 15.9. The standard InChI is InChI=1S/C35H47N9O4/c1-23(2)12-15-44-22-27(19-31(44)33(45)37-13-9-14-41(3)4)40-35(47)30-18-26(21-43(30)6)39-34(46)29-17-25(20-42(29)5)38-32(36)24-10-8-11-28(16-24)48-7/h8,10-11,16-23H,9,12-15H2,1-7H3,(H2,36,38)(H,37,45)(H,39,46)(H,40,47). The molecule has 3 aromatic heterocycles. The maximum Gasteiger partial charge on any atom is 0.272 e. The van der Waals surface area contributed by atoms with Crippen molar-refractivity contribution in [3.8, 4) is 5.75 Å². The number of carbonyl (C=O) groups excluding carboxylic acids is 3. The summed E-state index contributed by atoms with van der Waals surface area (Å²) in [6.45, 7) is 6.33. The summed E-state index contributed by atoms with van der Waals surface area (Å²) in [6.07, 6.45) is 6.87. The summed E-state index contributed by atoms with van der Waals surface area (Å²) < 4.78 is 10.4. The van der Waals surface area contributed by atoms with Crippen LogP contribution in [0.1, 0.15) is 63.7 Å². The molecule has 0 saturated carbocycles. The van der Waals surface area contributed by atoms with Gasteiger partial charge in [0, 0.05) is 51.3 Å². The summed E-state index contributed by atoms with van der Waals surface area (Å²) in [5.41, 5.74) is 9.57. The van der Waals surface area contributed by atoms with Crippen LogP contribution in [0.3, 0.4) is 0 Å². The molecular weight excluding hydrogens is 610 g/mol. The van der Waals surface area contributed by atoms with Crippen molar-refractivity contribution in [2.45, 2.75) is 33.2 Å². The number of ether oxygens (including phenoxy) is 1. The van der Waals surface area contributed by atoms with Crippen molar-refractivity contribution in [1.29, 1.82) is 0 Å². The second-order valence-corrected chi connectivity index (χ2v) is 12.5. The molecule has 4 aromatic rings. The van der Waals surface area contributed by atoms with E-state index in [-0.39, 0.29) is 23.6 Å². The Morgan fingerprint density at radius 1 is 0.896 bits per heavy atom. The average molecular weight is 658 g/mol. The zero-order valence-corrected chi connectivity index (χ0v) is 28.8. The number of aliphatic imine (C=N–C) groups is 1. The zero-order chi connectivity index (χ0) is 35.0. The van der Waals surface area contributed by atoms with Gasteiger partial charge in [-0.25, -0.2) is 4.99 Å². The van der Waals surface area contributed by atoms with Crippen molar-refractivity contribution in [2.75, 3.05) is 44.9 Å². The number of carbonyl (C=O) groups is 3. The van der Waals surface area contributed by atoms with Crippen LogP contribution in [0.4, 0.5) is 17.1 Å². The number of amides is 3. The molecule has 0 unspecified atom stereocenters. The van der Waals surface area contributed by atoms with Crippen molar-refractivity contribution < 1.29 is 19.1 Å². The quantitative estimate of drug-likeness (QED) is 0.0843. The molecule has 13 heteroatoms. The fourth-order valence-electron chi connectivity index (χ4n) is 5.11. The largest absolute Gasteiger partial charge is 0.497 e. The fraction of sp³-hybridized carbons (Fsp3) is 0.371. The van der Waals surface area contributed by atoms with E-state index in [1.165, 1.54) is 0 Å². The number of rotatable bonds is 15. The Morgan fingerprint density at radius 2 is 1.54 bits per heavy atom. The lowest BCUT2D eigenvalue weighted by Gasteiger charge is -2.12. The molecule has 0 atom stereocenters. The minimum absolute atomic E-state index is 0.181. The molecule has 3 heterocycles. The van der Waals surface area contributed by atoms with Gasteiger partial charge >= 0.3 is 0 Å². The Morgan fingerprint density at radius 3 is 2.21 bits per heavy atom. The summed E-state index contributed by atoms with van der Waals surface area (Å²) in [6, 6.07) is 12.2. The number of nitrogens with two attached hydrogens (primary N) is 1. The van der Waals surface area contributed by atoms with Gasteiger partial charge in [-0.2, -0.15) is 0 Å². The Bertz CT molecular complexity index is 1780. The number of hydrogen-bond donors (Lipinski definition) is 4. The van der Waals surface area contributed by atoms with Gasteiger partial charge < -0.3 is 45.0 Å². The van der Waals surface area contributed by atoms with Gasteiger partial charge in [-0.1, -0.05) is 26.0 Å². The highest BCUT2D eigenvalue weighted by atomic mass is 16.5. The SMILES string of the molecule is COc1cccc(C(N)=Nc2cc(C(=O)Nc3cc(C(=O)Nc4cc(C(=O)NCCCN(C)C)n(CCC(C)C)c4)n(C)c3)n(C)c2)c1. The number of nitrogens with zero attached hydrogens (tertiary/aromatic N) is 5. The minimum atomic E-state index is -0.375. The third-order valence-electron chi connectivity index (χ3n) is 7.74. The molecule has 48 heavy (non-hydrogen) atoms. The summed E-state index contributed by atoms with van der Waals surface area (Å²) in [5, 5.41) is 8.77. The molecule has 256 valence electrons. The smallest absolute Gasteiger partial charge is 0.272 e. The van der Waals surface area contributed by atoms with Gasteiger partial charge in [0.1, 0.15) is 28.7 Å². The zero-order valence-electron chi connectivity index (χ0n) is 28.8. The monoisotopic (exact) mass is 657 g/mol. The van der Waals surface area contributed by atoms with E-state index in [1.807, 2.05) is 36.9 Å². The van der Waals surface area contributed by atoms with Crippen LogP contribution in [-0.4, -0.2) is 76.5 Å². The number of amidine groups is 1. The third kappa shape index (κ3) is 9.38. The van der Waals surface area contributed by atoms with Gasteiger partial charge in [-0.3, -0.25) is 14.4 Å². The predicted octanol–water partition coefficient (Wildman–Crippen LogP) is 4.44. The van der Waals surface area contributed by atoms with Crippen molar-refractivity contribution >= 4 is 40.6 Å². The van der Waals surface area contributed by atoms with Crippen molar-refractivity contribution in [3.63, 3.8) is 0 Å². The van der Waals surface area contributed by atoms with Crippen molar-refractivity contribution in [2.24, 2.45) is 30.7 Å². The first-order valence-electron chi connectivity index (χ1n) is 15.9. The number of nitrogens with one attached hydrogen (secondary N) is 3. The molecule has 0 aliphatic heterocycles. The molecule has 5 N–H and O–H groups in total. The van der Waals surface area contributed by atoms with E-state index >= 15 is 0 Å². The molecule has 4 rings (SSSR count). The first-order chi connectivity index (χ1) is 22.8. The number of aryl methyl sites for hydroxylation is 3. The second kappa shape index (κ2) is 16.0. The maximum atomic E-state index is 13.4. The van der Waals surface area contributed by atoms with Crippen molar-refractivity contribution in [3.05, 3.63) is 83.7 Å². The topological polar surface area (TPSA) is 153 Å². The molecule has 0 radical (unpaired) electrons. The van der Waals surface area contributed by atoms with Gasteiger partial charge in [0.05, 0.1) is 24.2 Å². The van der Waals surface area contributed by atoms with E-state index in [2.05, 4.69) is 39.7 Å². The highest BCUT2D eigenvalue weighted by molar-refractivity contribution is 6.07. The Balaban J connectivity index is 1.44. The molecule has 0 saturated heterocycles. The van der Waals surface area contributed by atoms with Gasteiger partial charge in [-0.05, 0) is 69.7 Å². The van der Waals surface area contributed by atoms with Gasteiger partial charge in [0.2, 0.25) is 0 Å². The van der Waals surface area contributed by atoms with E-state index in [4.69, 9.17) is 10.5 Å².